The highest BCUT2D eigenvalue weighted by Gasteiger charge is 2.11. The number of hydrogen-bond donors (Lipinski definition) is 1. The summed E-state index contributed by atoms with van der Waals surface area (Å²) in [5.74, 6) is 0.930. The lowest BCUT2D eigenvalue weighted by molar-refractivity contribution is 0.199. The summed E-state index contributed by atoms with van der Waals surface area (Å²) in [6, 6.07) is 4.28. The molecule has 0 amide bonds. The van der Waals surface area contributed by atoms with E-state index in [1.165, 1.54) is 6.42 Å². The summed E-state index contributed by atoms with van der Waals surface area (Å²) in [7, 11) is 2.05. The van der Waals surface area contributed by atoms with Gasteiger partial charge in [0.1, 0.15) is 5.82 Å². The van der Waals surface area contributed by atoms with Crippen LogP contribution in [0.15, 0.2) is 18.3 Å². The Balaban J connectivity index is 2.82. The molecule has 0 bridgehead atoms. The lowest BCUT2D eigenvalue weighted by Gasteiger charge is -2.26. The van der Waals surface area contributed by atoms with Gasteiger partial charge >= 0.3 is 0 Å². The van der Waals surface area contributed by atoms with Crippen LogP contribution >= 0.6 is 0 Å². The summed E-state index contributed by atoms with van der Waals surface area (Å²) in [4.78, 5) is 6.50. The summed E-state index contributed by atoms with van der Waals surface area (Å²) in [6.45, 7) is 6.15. The second-order valence-electron chi connectivity index (χ2n) is 4.37. The Hall–Kier alpha value is -1.09. The van der Waals surface area contributed by atoms with Gasteiger partial charge in [-0.3, -0.25) is 0 Å². The molecule has 0 aromatic carbocycles. The largest absolute Gasteiger partial charge is 0.389 e. The van der Waals surface area contributed by atoms with Crippen LogP contribution in [0, 0.1) is 0 Å². The molecule has 16 heavy (non-hydrogen) atoms. The fraction of sp³-hybridized carbons (Fsp3) is 0.615. The van der Waals surface area contributed by atoms with E-state index in [2.05, 4.69) is 30.8 Å². The molecule has 3 nitrogen and oxygen atoms in total. The van der Waals surface area contributed by atoms with Crippen LogP contribution < -0.4 is 4.90 Å². The van der Waals surface area contributed by atoms with Crippen LogP contribution in [0.1, 0.15) is 45.3 Å². The van der Waals surface area contributed by atoms with Gasteiger partial charge in [0.05, 0.1) is 6.10 Å². The Bertz CT molecular complexity index is 325. The van der Waals surface area contributed by atoms with Crippen molar-refractivity contribution in [2.24, 2.45) is 0 Å². The van der Waals surface area contributed by atoms with E-state index in [1.807, 2.05) is 12.1 Å². The molecule has 1 N–H and O–H groups in total. The van der Waals surface area contributed by atoms with Crippen molar-refractivity contribution >= 4 is 5.82 Å². The van der Waals surface area contributed by atoms with Crippen molar-refractivity contribution in [3.63, 3.8) is 0 Å². The van der Waals surface area contributed by atoms with Gasteiger partial charge in [-0.1, -0.05) is 13.3 Å². The Kier molecular flexibility index (Phi) is 4.74. The molecule has 0 fully saturated rings. The topological polar surface area (TPSA) is 36.4 Å². The molecule has 0 aliphatic rings. The maximum Gasteiger partial charge on any atom is 0.128 e. The predicted molar refractivity (Wildman–Crippen MR) is 67.6 cm³/mol. The van der Waals surface area contributed by atoms with Crippen LogP contribution in [0.3, 0.4) is 0 Å². The zero-order valence-electron chi connectivity index (χ0n) is 10.6. The summed E-state index contributed by atoms with van der Waals surface area (Å²) in [6.07, 6.45) is 3.64. The molecule has 0 saturated heterocycles. The Morgan fingerprint density at radius 3 is 2.69 bits per heavy atom. The molecule has 1 aromatic heterocycles. The van der Waals surface area contributed by atoms with Crippen molar-refractivity contribution in [3.8, 4) is 0 Å². The van der Waals surface area contributed by atoms with Gasteiger partial charge in [-0.05, 0) is 38.0 Å². The molecule has 1 rings (SSSR count). The summed E-state index contributed by atoms with van der Waals surface area (Å²) in [5.41, 5.74) is 0.917. The molecule has 0 radical (unpaired) electrons. The molecule has 0 saturated carbocycles. The van der Waals surface area contributed by atoms with Gasteiger partial charge in [0, 0.05) is 19.3 Å². The number of hydrogen-bond acceptors (Lipinski definition) is 3. The second kappa shape index (κ2) is 5.85. The predicted octanol–water partition coefficient (Wildman–Crippen LogP) is 2.76. The van der Waals surface area contributed by atoms with Crippen molar-refractivity contribution in [2.45, 2.75) is 45.8 Å². The maximum atomic E-state index is 9.53. The first-order valence-electron chi connectivity index (χ1n) is 5.93. The first kappa shape index (κ1) is 13.0. The van der Waals surface area contributed by atoms with E-state index in [1.54, 1.807) is 13.1 Å². The Morgan fingerprint density at radius 2 is 2.12 bits per heavy atom. The highest BCUT2D eigenvalue weighted by Crippen LogP contribution is 2.19. The molecule has 0 aliphatic carbocycles. The second-order valence-corrected chi connectivity index (χ2v) is 4.37. The van der Waals surface area contributed by atoms with Crippen molar-refractivity contribution in [1.82, 2.24) is 4.98 Å². The van der Waals surface area contributed by atoms with Crippen LogP contribution in [0.25, 0.3) is 0 Å². The van der Waals surface area contributed by atoms with E-state index in [4.69, 9.17) is 0 Å². The van der Waals surface area contributed by atoms with Crippen molar-refractivity contribution in [2.75, 3.05) is 11.9 Å². The number of rotatable bonds is 5. The Labute approximate surface area is 98.1 Å². The van der Waals surface area contributed by atoms with Crippen LogP contribution in [0.5, 0.6) is 0 Å². The highest BCUT2D eigenvalue weighted by atomic mass is 16.3. The number of pyridine rings is 1. The lowest BCUT2D eigenvalue weighted by atomic mass is 10.1. The summed E-state index contributed by atoms with van der Waals surface area (Å²) >= 11 is 0. The SMILES string of the molecule is CCCC(C)N(C)c1cc([C@H](C)O)ccn1. The normalized spacial score (nSPS) is 14.6. The highest BCUT2D eigenvalue weighted by molar-refractivity contribution is 5.41. The number of aliphatic hydroxyl groups is 1. The lowest BCUT2D eigenvalue weighted by Crippen LogP contribution is -2.29. The Morgan fingerprint density at radius 1 is 1.44 bits per heavy atom. The first-order valence-corrected chi connectivity index (χ1v) is 5.93. The zero-order valence-corrected chi connectivity index (χ0v) is 10.6. The molecule has 1 aromatic rings. The van der Waals surface area contributed by atoms with E-state index >= 15 is 0 Å². The minimum atomic E-state index is -0.434. The molecule has 2 atom stereocenters. The minimum absolute atomic E-state index is 0.434. The van der Waals surface area contributed by atoms with E-state index in [9.17, 15) is 5.11 Å². The van der Waals surface area contributed by atoms with Crippen molar-refractivity contribution in [3.05, 3.63) is 23.9 Å². The van der Waals surface area contributed by atoms with Gasteiger partial charge in [0.2, 0.25) is 0 Å². The fourth-order valence-electron chi connectivity index (χ4n) is 1.72. The van der Waals surface area contributed by atoms with Gasteiger partial charge in [-0.25, -0.2) is 4.98 Å². The molecular weight excluding hydrogens is 200 g/mol. The average Bonchev–Trinajstić information content (AvgIpc) is 2.28. The third-order valence-corrected chi connectivity index (χ3v) is 2.98. The molecule has 3 heteroatoms. The number of nitrogens with zero attached hydrogens (tertiary/aromatic N) is 2. The van der Waals surface area contributed by atoms with E-state index < -0.39 is 6.10 Å². The van der Waals surface area contributed by atoms with Gasteiger partial charge in [0.25, 0.3) is 0 Å². The van der Waals surface area contributed by atoms with Gasteiger partial charge in [-0.2, -0.15) is 0 Å². The van der Waals surface area contributed by atoms with Crippen LogP contribution in [-0.4, -0.2) is 23.2 Å². The molecule has 1 unspecified atom stereocenters. The quantitative estimate of drug-likeness (QED) is 0.832. The van der Waals surface area contributed by atoms with Gasteiger partial charge < -0.3 is 10.0 Å². The summed E-state index contributed by atoms with van der Waals surface area (Å²) < 4.78 is 0. The van der Waals surface area contributed by atoms with Gasteiger partial charge in [0.15, 0.2) is 0 Å². The zero-order chi connectivity index (χ0) is 12.1. The molecule has 1 heterocycles. The fourth-order valence-corrected chi connectivity index (χ4v) is 1.72. The molecule has 0 aliphatic heterocycles. The van der Waals surface area contributed by atoms with E-state index in [0.717, 1.165) is 17.8 Å². The molecular formula is C13H22N2O. The monoisotopic (exact) mass is 222 g/mol. The van der Waals surface area contributed by atoms with Crippen LogP contribution in [0.4, 0.5) is 5.82 Å². The number of anilines is 1. The maximum absolute atomic E-state index is 9.53. The van der Waals surface area contributed by atoms with E-state index in [0.29, 0.717) is 6.04 Å². The van der Waals surface area contributed by atoms with Crippen LogP contribution in [0.2, 0.25) is 0 Å². The average molecular weight is 222 g/mol. The van der Waals surface area contributed by atoms with E-state index in [-0.39, 0.29) is 0 Å². The first-order chi connectivity index (χ1) is 7.56. The van der Waals surface area contributed by atoms with Crippen molar-refractivity contribution in [1.29, 1.82) is 0 Å². The third-order valence-electron chi connectivity index (χ3n) is 2.98. The standard InChI is InChI=1S/C13H22N2O/c1-5-6-10(2)15(4)13-9-12(11(3)16)7-8-14-13/h7-11,16H,5-6H2,1-4H3/t10?,11-/m0/s1. The van der Waals surface area contributed by atoms with Crippen LogP contribution in [-0.2, 0) is 0 Å². The smallest absolute Gasteiger partial charge is 0.128 e. The van der Waals surface area contributed by atoms with Crippen molar-refractivity contribution < 1.29 is 5.11 Å². The minimum Gasteiger partial charge on any atom is -0.389 e. The third kappa shape index (κ3) is 3.20. The molecule has 90 valence electrons. The molecule has 0 spiro atoms. The summed E-state index contributed by atoms with van der Waals surface area (Å²) in [5, 5.41) is 9.53. The van der Waals surface area contributed by atoms with Gasteiger partial charge in [-0.15, -0.1) is 0 Å². The number of aromatic nitrogens is 1. The number of aliphatic hydroxyl groups excluding tert-OH is 1.